The molecule has 5 rings (SSSR count). The van der Waals surface area contributed by atoms with E-state index in [-0.39, 0.29) is 6.61 Å². The van der Waals surface area contributed by atoms with Crippen molar-refractivity contribution in [3.05, 3.63) is 29.1 Å². The van der Waals surface area contributed by atoms with Crippen molar-refractivity contribution in [2.75, 3.05) is 26.4 Å². The van der Waals surface area contributed by atoms with Crippen LogP contribution in [0, 0.1) is 29.1 Å². The lowest BCUT2D eigenvalue weighted by molar-refractivity contribution is -0.137. The van der Waals surface area contributed by atoms with Crippen molar-refractivity contribution in [3.63, 3.8) is 0 Å². The molecule has 4 fully saturated rings. The number of amides is 8. The molecule has 0 N–H and O–H groups in total. The number of esters is 1. The van der Waals surface area contributed by atoms with Gasteiger partial charge in [-0.1, -0.05) is 0 Å². The first kappa shape index (κ1) is 36.4. The van der Waals surface area contributed by atoms with E-state index in [0.29, 0.717) is 19.6 Å². The van der Waals surface area contributed by atoms with Crippen molar-refractivity contribution in [1.82, 2.24) is 19.6 Å². The molecule has 1 aromatic rings. The van der Waals surface area contributed by atoms with Gasteiger partial charge in [-0.3, -0.25) is 24.0 Å². The summed E-state index contributed by atoms with van der Waals surface area (Å²) in [6.07, 6.45) is -7.91. The molecule has 0 saturated carbocycles. The second kappa shape index (κ2) is 14.1. The molecule has 4 saturated heterocycles. The van der Waals surface area contributed by atoms with Crippen LogP contribution in [0.1, 0.15) is 32.6 Å². The van der Waals surface area contributed by atoms with Gasteiger partial charge in [-0.25, -0.2) is 51.9 Å². The van der Waals surface area contributed by atoms with Crippen LogP contribution in [0.15, 0.2) is 0 Å². The summed E-state index contributed by atoms with van der Waals surface area (Å²) in [7, 11) is 0. The van der Waals surface area contributed by atoms with Crippen LogP contribution in [-0.2, 0) is 42.9 Å². The molecule has 4 heterocycles. The molecule has 0 spiro atoms. The fourth-order valence-corrected chi connectivity index (χ4v) is 5.67. The summed E-state index contributed by atoms with van der Waals surface area (Å²) in [6, 6.07) is -5.26. The lowest BCUT2D eigenvalue weighted by atomic mass is 10.1. The largest absolute Gasteiger partial charge is 0.447 e. The molecule has 0 aromatic heterocycles. The Labute approximate surface area is 280 Å². The molecular formula is C28H23F5N4O14. The van der Waals surface area contributed by atoms with Crippen LogP contribution < -0.4 is 4.74 Å². The van der Waals surface area contributed by atoms with Crippen LogP contribution in [0.2, 0.25) is 0 Å². The number of hydrogen-bond donors (Lipinski definition) is 0. The Morgan fingerprint density at radius 3 is 1.18 bits per heavy atom. The zero-order chi connectivity index (χ0) is 37.5. The first-order chi connectivity index (χ1) is 24.0. The first-order valence-electron chi connectivity index (χ1n) is 14.7. The highest BCUT2D eigenvalue weighted by molar-refractivity contribution is 5.99. The van der Waals surface area contributed by atoms with Gasteiger partial charge in [0, 0.05) is 6.92 Å². The smallest absolute Gasteiger partial charge is 0.416 e. The minimum atomic E-state index is -2.51. The lowest BCUT2D eigenvalue weighted by Crippen LogP contribution is -2.48. The van der Waals surface area contributed by atoms with Gasteiger partial charge in [-0.2, -0.15) is 8.78 Å². The van der Waals surface area contributed by atoms with Crippen LogP contribution in [0.3, 0.4) is 0 Å². The van der Waals surface area contributed by atoms with Gasteiger partial charge in [0.05, 0.1) is 49.9 Å². The molecule has 0 unspecified atom stereocenters. The fourth-order valence-electron chi connectivity index (χ4n) is 5.67. The van der Waals surface area contributed by atoms with Crippen molar-refractivity contribution in [3.8, 4) is 5.75 Å². The Balaban J connectivity index is 1.22. The van der Waals surface area contributed by atoms with E-state index in [1.54, 1.807) is 0 Å². The fraction of sp³-hybridized carbons (Fsp3) is 0.464. The lowest BCUT2D eigenvalue weighted by Gasteiger charge is -2.25. The number of rotatable bonds is 9. The van der Waals surface area contributed by atoms with E-state index >= 15 is 0 Å². The maximum Gasteiger partial charge on any atom is 0.416 e. The zero-order valence-electron chi connectivity index (χ0n) is 25.9. The Morgan fingerprint density at radius 1 is 0.529 bits per heavy atom. The molecular weight excluding hydrogens is 711 g/mol. The molecule has 4 aliphatic rings. The van der Waals surface area contributed by atoms with Gasteiger partial charge in [0.15, 0.2) is 0 Å². The third-order valence-corrected chi connectivity index (χ3v) is 8.01. The Bertz CT molecular complexity index is 1730. The molecule has 4 atom stereocenters. The summed E-state index contributed by atoms with van der Waals surface area (Å²) in [6.45, 7) is -1.04. The number of imide groups is 4. The standard InChI is InChI=1S/C28H23F5N4O14/c1-10(38)34-11(6-47-25(34)43)2-15(39)35-12(7-48-26(35)44)3-16(40)36-13(8-49-27(36)45)4-17(41)37-14(9-50-28(37)46)5-18(42)51-24-22(32)20(30)19(29)21(31)23(24)33/h11-14H,2-9H2,1H3/t11-,12-,13-,14-/m0/s1. The third kappa shape index (κ3) is 6.94. The summed E-state index contributed by atoms with van der Waals surface area (Å²) < 4.78 is 91.8. The van der Waals surface area contributed by atoms with Crippen molar-refractivity contribution in [1.29, 1.82) is 0 Å². The molecule has 1 aromatic carbocycles. The minimum Gasteiger partial charge on any atom is -0.447 e. The predicted octanol–water partition coefficient (Wildman–Crippen LogP) is 1.26. The number of carbonyl (C=O) groups is 9. The normalized spacial score (nSPS) is 22.9. The van der Waals surface area contributed by atoms with Crippen LogP contribution in [0.5, 0.6) is 5.75 Å². The van der Waals surface area contributed by atoms with Crippen molar-refractivity contribution >= 4 is 54.0 Å². The summed E-state index contributed by atoms with van der Waals surface area (Å²) >= 11 is 0. The third-order valence-electron chi connectivity index (χ3n) is 8.01. The van der Waals surface area contributed by atoms with Crippen molar-refractivity contribution < 1.29 is 88.8 Å². The minimum absolute atomic E-state index is 0.343. The van der Waals surface area contributed by atoms with Crippen LogP contribution in [0.4, 0.5) is 41.1 Å². The van der Waals surface area contributed by atoms with Crippen LogP contribution in [0.25, 0.3) is 0 Å². The topological polar surface area (TPSA) is 213 Å². The van der Waals surface area contributed by atoms with E-state index < -0.39 is 158 Å². The van der Waals surface area contributed by atoms with Gasteiger partial charge in [0.1, 0.15) is 26.4 Å². The van der Waals surface area contributed by atoms with E-state index in [2.05, 4.69) is 4.74 Å². The van der Waals surface area contributed by atoms with Gasteiger partial charge < -0.3 is 23.7 Å². The van der Waals surface area contributed by atoms with Gasteiger partial charge in [-0.05, 0) is 0 Å². The van der Waals surface area contributed by atoms with E-state index in [1.807, 2.05) is 0 Å². The second-order valence-corrected chi connectivity index (χ2v) is 11.3. The Morgan fingerprint density at radius 2 is 0.824 bits per heavy atom. The van der Waals surface area contributed by atoms with E-state index in [0.717, 1.165) is 6.92 Å². The number of hydrogen-bond acceptors (Lipinski definition) is 14. The highest BCUT2D eigenvalue weighted by Crippen LogP contribution is 2.31. The summed E-state index contributed by atoms with van der Waals surface area (Å²) in [4.78, 5) is 115. The van der Waals surface area contributed by atoms with Gasteiger partial charge in [-0.15, -0.1) is 0 Å². The molecule has 0 bridgehead atoms. The summed E-state index contributed by atoms with van der Waals surface area (Å²) in [5, 5.41) is 0. The van der Waals surface area contributed by atoms with E-state index in [9.17, 15) is 65.1 Å². The average molecular weight is 734 g/mol. The average Bonchev–Trinajstić information content (AvgIpc) is 3.82. The Hall–Kier alpha value is -5.90. The molecule has 0 aliphatic carbocycles. The second-order valence-electron chi connectivity index (χ2n) is 11.3. The molecule has 23 heteroatoms. The molecule has 0 radical (unpaired) electrons. The summed E-state index contributed by atoms with van der Waals surface area (Å²) in [5.41, 5.74) is 0. The monoisotopic (exact) mass is 734 g/mol. The van der Waals surface area contributed by atoms with Gasteiger partial charge in [0.25, 0.3) is 0 Å². The van der Waals surface area contributed by atoms with Gasteiger partial charge in [0.2, 0.25) is 58.5 Å². The zero-order valence-corrected chi connectivity index (χ0v) is 25.9. The van der Waals surface area contributed by atoms with Crippen LogP contribution >= 0.6 is 0 Å². The number of carbonyl (C=O) groups excluding carboxylic acids is 9. The number of nitrogens with zero attached hydrogens (tertiary/aromatic N) is 4. The molecule has 18 nitrogen and oxygen atoms in total. The van der Waals surface area contributed by atoms with E-state index in [1.165, 1.54) is 0 Å². The number of benzene rings is 1. The van der Waals surface area contributed by atoms with Crippen LogP contribution in [-0.4, -0.2) is 124 Å². The Kier molecular flexibility index (Phi) is 10.1. The maximum atomic E-state index is 14.0. The SMILES string of the molecule is CC(=O)N1C(=O)OC[C@@H]1CC(=O)N1C(=O)OC[C@@H]1CC(=O)N1C(=O)OC[C@@H]1CC(=O)N1C(=O)OC[C@@H]1CC(=O)Oc1c(F)c(F)c(F)c(F)c1F. The molecule has 51 heavy (non-hydrogen) atoms. The number of cyclic esters (lactones) is 4. The number of ether oxygens (including phenoxy) is 5. The molecule has 274 valence electrons. The highest BCUT2D eigenvalue weighted by Gasteiger charge is 2.48. The molecule has 4 aliphatic heterocycles. The predicted molar refractivity (Wildman–Crippen MR) is 144 cm³/mol. The molecule has 8 amide bonds. The maximum absolute atomic E-state index is 14.0. The van der Waals surface area contributed by atoms with Gasteiger partial charge >= 0.3 is 30.3 Å². The van der Waals surface area contributed by atoms with Crippen molar-refractivity contribution in [2.45, 2.75) is 56.8 Å². The van der Waals surface area contributed by atoms with E-state index in [4.69, 9.17) is 18.9 Å². The highest BCUT2D eigenvalue weighted by atomic mass is 19.2. The summed E-state index contributed by atoms with van der Waals surface area (Å²) in [5.74, 6) is -19.7. The van der Waals surface area contributed by atoms with Crippen molar-refractivity contribution in [2.24, 2.45) is 0 Å². The first-order valence-corrected chi connectivity index (χ1v) is 14.7. The quantitative estimate of drug-likeness (QED) is 0.0873. The number of halogens is 5.